The third-order valence-electron chi connectivity index (χ3n) is 6.70. The molecule has 1 saturated carbocycles. The lowest BCUT2D eigenvalue weighted by Gasteiger charge is -2.40. The van der Waals surface area contributed by atoms with Gasteiger partial charge in [0, 0.05) is 24.8 Å². The summed E-state index contributed by atoms with van der Waals surface area (Å²) in [5.74, 6) is -1.22. The number of Topliss-reactive ketones (excluding diaryl/α,β-unsaturated/α-hetero) is 1. The van der Waals surface area contributed by atoms with Crippen LogP contribution in [-0.2, 0) is 10.3 Å². The molecule has 0 unspecified atom stereocenters. The van der Waals surface area contributed by atoms with Crippen molar-refractivity contribution in [3.63, 3.8) is 0 Å². The Morgan fingerprint density at radius 3 is 2.44 bits per heavy atom. The number of carbonyl (C=O) groups excluding carboxylic acids is 3. The first-order valence-electron chi connectivity index (χ1n) is 11.5. The molecule has 1 aliphatic carbocycles. The monoisotopic (exact) mass is 507 g/mol. The first-order valence-corrected chi connectivity index (χ1v) is 11.9. The predicted octanol–water partition coefficient (Wildman–Crippen LogP) is 4.40. The van der Waals surface area contributed by atoms with Gasteiger partial charge in [-0.3, -0.25) is 9.59 Å². The van der Waals surface area contributed by atoms with Crippen LogP contribution in [0.1, 0.15) is 49.5 Å². The third-order valence-corrected chi connectivity index (χ3v) is 6.91. The number of amides is 1. The Balaban J connectivity index is 1.31. The molecule has 2 aromatic carbocycles. The van der Waals surface area contributed by atoms with E-state index < -0.39 is 17.3 Å². The van der Waals surface area contributed by atoms with Crippen molar-refractivity contribution in [2.45, 2.75) is 18.4 Å². The summed E-state index contributed by atoms with van der Waals surface area (Å²) in [4.78, 5) is 44.0. The molecule has 3 aromatic rings. The molecule has 9 heteroatoms. The molecule has 7 nitrogen and oxygen atoms in total. The first kappa shape index (κ1) is 23.9. The van der Waals surface area contributed by atoms with Crippen molar-refractivity contribution < 1.29 is 23.5 Å². The van der Waals surface area contributed by atoms with Crippen LogP contribution in [0.25, 0.3) is 0 Å². The molecule has 2 aliphatic rings. The van der Waals surface area contributed by atoms with E-state index in [4.69, 9.17) is 16.3 Å². The van der Waals surface area contributed by atoms with Crippen molar-refractivity contribution in [2.75, 3.05) is 25.1 Å². The summed E-state index contributed by atoms with van der Waals surface area (Å²) >= 11 is 6.17. The molecule has 2 fully saturated rings. The number of anilines is 1. The Kier molecular flexibility index (Phi) is 6.22. The van der Waals surface area contributed by atoms with Crippen LogP contribution >= 0.6 is 11.6 Å². The molecule has 1 aliphatic heterocycles. The molecular weight excluding hydrogens is 485 g/mol. The number of hydrogen-bond acceptors (Lipinski definition) is 6. The van der Waals surface area contributed by atoms with Gasteiger partial charge in [-0.15, -0.1) is 0 Å². The van der Waals surface area contributed by atoms with E-state index in [0.29, 0.717) is 40.6 Å². The van der Waals surface area contributed by atoms with E-state index in [9.17, 15) is 18.8 Å². The zero-order valence-electron chi connectivity index (χ0n) is 19.5. The number of nitrogens with zero attached hydrogens (tertiary/aromatic N) is 2. The second-order valence-electron chi connectivity index (χ2n) is 9.11. The van der Waals surface area contributed by atoms with E-state index in [2.05, 4.69) is 10.3 Å². The van der Waals surface area contributed by atoms with Crippen molar-refractivity contribution in [3.05, 3.63) is 93.9 Å². The minimum absolute atomic E-state index is 0.141. The number of hydrogen-bond donors (Lipinski definition) is 1. The lowest BCUT2D eigenvalue weighted by Crippen LogP contribution is -2.51. The Morgan fingerprint density at radius 1 is 1.08 bits per heavy atom. The number of aromatic nitrogens is 1. The van der Waals surface area contributed by atoms with Gasteiger partial charge in [0.1, 0.15) is 11.6 Å². The van der Waals surface area contributed by atoms with E-state index in [-0.39, 0.29) is 17.6 Å². The molecule has 36 heavy (non-hydrogen) atoms. The van der Waals surface area contributed by atoms with Crippen molar-refractivity contribution in [2.24, 2.45) is 5.92 Å². The molecule has 0 spiro atoms. The van der Waals surface area contributed by atoms with Crippen LogP contribution in [-0.4, -0.2) is 42.8 Å². The summed E-state index contributed by atoms with van der Waals surface area (Å²) < 4.78 is 18.3. The quantitative estimate of drug-likeness (QED) is 0.377. The van der Waals surface area contributed by atoms with Crippen molar-refractivity contribution in [1.82, 2.24) is 10.3 Å². The van der Waals surface area contributed by atoms with Crippen molar-refractivity contribution >= 4 is 35.1 Å². The molecule has 184 valence electrons. The predicted molar refractivity (Wildman–Crippen MR) is 132 cm³/mol. The number of rotatable bonds is 7. The zero-order chi connectivity index (χ0) is 25.4. The van der Waals surface area contributed by atoms with Crippen LogP contribution < -0.4 is 10.2 Å². The fourth-order valence-electron chi connectivity index (χ4n) is 4.48. The lowest BCUT2D eigenvalue weighted by molar-refractivity contribution is 0.0600. The van der Waals surface area contributed by atoms with E-state index in [1.54, 1.807) is 24.3 Å². The molecule has 1 amide bonds. The van der Waals surface area contributed by atoms with Gasteiger partial charge in [0.25, 0.3) is 5.91 Å². The second kappa shape index (κ2) is 9.35. The zero-order valence-corrected chi connectivity index (χ0v) is 20.2. The highest BCUT2D eigenvalue weighted by molar-refractivity contribution is 6.31. The summed E-state index contributed by atoms with van der Waals surface area (Å²) in [6.45, 7) is 0.731. The number of nitrogens with one attached hydrogen (secondary N) is 1. The fourth-order valence-corrected chi connectivity index (χ4v) is 4.64. The SMILES string of the molecule is COC(=O)c1ccc(C2(NC(=O)c3cc(Cl)cnc3N3CC(C(=O)c4cccc(F)c4)C3)CC2)cc1. The molecule has 1 aromatic heterocycles. The van der Waals surface area contributed by atoms with Gasteiger partial charge in [-0.2, -0.15) is 0 Å². The van der Waals surface area contributed by atoms with E-state index >= 15 is 0 Å². The lowest BCUT2D eigenvalue weighted by atomic mass is 9.90. The minimum Gasteiger partial charge on any atom is -0.465 e. The minimum atomic E-state index is -0.532. The maximum absolute atomic E-state index is 13.5. The van der Waals surface area contributed by atoms with Gasteiger partial charge < -0.3 is 15.0 Å². The Bertz CT molecular complexity index is 1350. The smallest absolute Gasteiger partial charge is 0.337 e. The number of benzene rings is 2. The summed E-state index contributed by atoms with van der Waals surface area (Å²) in [7, 11) is 1.33. The molecular formula is C27H23ClFN3O4. The summed E-state index contributed by atoms with van der Waals surface area (Å²) in [5, 5.41) is 3.43. The van der Waals surface area contributed by atoms with Gasteiger partial charge in [-0.1, -0.05) is 35.9 Å². The van der Waals surface area contributed by atoms with Crippen LogP contribution in [0.15, 0.2) is 60.8 Å². The van der Waals surface area contributed by atoms with Crippen molar-refractivity contribution in [3.8, 4) is 0 Å². The van der Waals surface area contributed by atoms with Crippen LogP contribution in [0.2, 0.25) is 5.02 Å². The normalized spacial score (nSPS) is 16.1. The summed E-state index contributed by atoms with van der Waals surface area (Å²) in [6, 6.07) is 14.2. The Morgan fingerprint density at radius 2 is 1.81 bits per heavy atom. The van der Waals surface area contributed by atoms with Gasteiger partial charge >= 0.3 is 5.97 Å². The number of ether oxygens (including phenoxy) is 1. The summed E-state index contributed by atoms with van der Waals surface area (Å²) in [5.41, 5.74) is 1.44. The number of halogens is 2. The maximum atomic E-state index is 13.5. The third kappa shape index (κ3) is 4.56. The topological polar surface area (TPSA) is 88.6 Å². The molecule has 1 saturated heterocycles. The van der Waals surface area contributed by atoms with Gasteiger partial charge in [0.2, 0.25) is 0 Å². The first-order chi connectivity index (χ1) is 17.3. The van der Waals surface area contributed by atoms with Gasteiger partial charge in [0.15, 0.2) is 5.78 Å². The van der Waals surface area contributed by atoms with Crippen LogP contribution in [0.3, 0.4) is 0 Å². The number of ketones is 1. The van der Waals surface area contributed by atoms with E-state index in [0.717, 1.165) is 18.4 Å². The highest BCUT2D eigenvalue weighted by Gasteiger charge is 2.46. The Hall–Kier alpha value is -3.78. The van der Waals surface area contributed by atoms with E-state index in [1.807, 2.05) is 17.0 Å². The number of methoxy groups -OCH3 is 1. The number of carbonyl (C=O) groups is 3. The Labute approximate surface area is 212 Å². The highest BCUT2D eigenvalue weighted by atomic mass is 35.5. The van der Waals surface area contributed by atoms with Gasteiger partial charge in [-0.05, 0) is 48.7 Å². The second-order valence-corrected chi connectivity index (χ2v) is 9.54. The van der Waals surface area contributed by atoms with Crippen molar-refractivity contribution in [1.29, 1.82) is 0 Å². The van der Waals surface area contributed by atoms with Crippen LogP contribution in [0.4, 0.5) is 10.2 Å². The largest absolute Gasteiger partial charge is 0.465 e. The average Bonchev–Trinajstić information content (AvgIpc) is 3.64. The van der Waals surface area contributed by atoms with Crippen LogP contribution in [0, 0.1) is 11.7 Å². The standard InChI is InChI=1S/C27H23ClFN3O4/c1-36-26(35)16-5-7-19(8-6-16)27(9-10-27)31-25(34)22-12-20(28)13-30-24(22)32-14-18(15-32)23(33)17-3-2-4-21(29)11-17/h2-8,11-13,18H,9-10,14-15H2,1H3,(H,31,34). The van der Waals surface area contributed by atoms with E-state index in [1.165, 1.54) is 31.5 Å². The molecule has 0 radical (unpaired) electrons. The maximum Gasteiger partial charge on any atom is 0.337 e. The number of pyridine rings is 1. The average molecular weight is 508 g/mol. The molecule has 1 N–H and O–H groups in total. The summed E-state index contributed by atoms with van der Waals surface area (Å²) in [6.07, 6.45) is 2.98. The van der Waals surface area contributed by atoms with Gasteiger partial charge in [0.05, 0.1) is 34.7 Å². The molecule has 2 heterocycles. The van der Waals surface area contributed by atoms with Gasteiger partial charge in [-0.25, -0.2) is 14.2 Å². The number of esters is 1. The molecule has 0 bridgehead atoms. The molecule has 0 atom stereocenters. The van der Waals surface area contributed by atoms with Crippen LogP contribution in [0.5, 0.6) is 0 Å². The fraction of sp³-hybridized carbons (Fsp3) is 0.259. The highest BCUT2D eigenvalue weighted by Crippen LogP contribution is 2.46. The molecule has 5 rings (SSSR count).